The normalized spacial score (nSPS) is 21.4. The van der Waals surface area contributed by atoms with Crippen LogP contribution in [-0.4, -0.2) is 37.0 Å². The van der Waals surface area contributed by atoms with Gasteiger partial charge in [0.15, 0.2) is 0 Å². The number of hydrogen-bond acceptors (Lipinski definition) is 3. The maximum absolute atomic E-state index is 12.0. The van der Waals surface area contributed by atoms with Gasteiger partial charge in [0.1, 0.15) is 6.04 Å². The second-order valence-electron chi connectivity index (χ2n) is 5.73. The molecular formula is C16H25N3O. The van der Waals surface area contributed by atoms with E-state index >= 15 is 0 Å². The summed E-state index contributed by atoms with van der Waals surface area (Å²) < 4.78 is 0. The lowest BCUT2D eigenvalue weighted by atomic mass is 10.0. The number of nitrogens with two attached hydrogens (primary N) is 1. The Morgan fingerprint density at radius 3 is 2.90 bits per heavy atom. The fraction of sp³-hybridized carbons (Fsp3) is 0.562. The molecule has 1 aliphatic rings. The number of nitrogens with one attached hydrogen (secondary N) is 1. The van der Waals surface area contributed by atoms with E-state index < -0.39 is 6.04 Å². The first kappa shape index (κ1) is 15.0. The zero-order valence-corrected chi connectivity index (χ0v) is 12.2. The molecule has 1 fully saturated rings. The van der Waals surface area contributed by atoms with E-state index in [1.165, 1.54) is 12.8 Å². The van der Waals surface area contributed by atoms with Gasteiger partial charge >= 0.3 is 0 Å². The van der Waals surface area contributed by atoms with Gasteiger partial charge in [0.25, 0.3) is 0 Å². The molecule has 2 rings (SSSR count). The third kappa shape index (κ3) is 4.32. The van der Waals surface area contributed by atoms with Crippen LogP contribution in [0, 0.1) is 5.92 Å². The second kappa shape index (κ2) is 7.41. The second-order valence-corrected chi connectivity index (χ2v) is 5.73. The van der Waals surface area contributed by atoms with Crippen molar-refractivity contribution in [2.45, 2.75) is 25.8 Å². The van der Waals surface area contributed by atoms with E-state index in [2.05, 4.69) is 17.1 Å². The molecule has 1 aromatic carbocycles. The zero-order valence-electron chi connectivity index (χ0n) is 12.2. The van der Waals surface area contributed by atoms with Crippen LogP contribution in [0.25, 0.3) is 0 Å². The number of benzene rings is 1. The number of nitrogens with zero attached hydrogens (tertiary/aromatic N) is 1. The van der Waals surface area contributed by atoms with Gasteiger partial charge in [-0.3, -0.25) is 4.79 Å². The van der Waals surface area contributed by atoms with Gasteiger partial charge in [0.2, 0.25) is 5.91 Å². The largest absolute Gasteiger partial charge is 0.353 e. The van der Waals surface area contributed by atoms with Gasteiger partial charge in [-0.05, 0) is 30.9 Å². The van der Waals surface area contributed by atoms with Crippen LogP contribution in [0.2, 0.25) is 0 Å². The molecule has 1 amide bonds. The Labute approximate surface area is 121 Å². The molecule has 0 bridgehead atoms. The number of likely N-dealkylation sites (tertiary alicyclic amines) is 1. The minimum Gasteiger partial charge on any atom is -0.353 e. The molecule has 20 heavy (non-hydrogen) atoms. The Morgan fingerprint density at radius 2 is 2.20 bits per heavy atom. The number of piperidine rings is 1. The lowest BCUT2D eigenvalue weighted by Crippen LogP contribution is -2.42. The fourth-order valence-electron chi connectivity index (χ4n) is 2.75. The summed E-state index contributed by atoms with van der Waals surface area (Å²) in [6.45, 7) is 6.16. The molecule has 1 aromatic rings. The number of carbonyl (C=O) groups excluding carboxylic acids is 1. The van der Waals surface area contributed by atoms with Gasteiger partial charge in [-0.15, -0.1) is 0 Å². The molecule has 0 saturated carbocycles. The van der Waals surface area contributed by atoms with Crippen LogP contribution in [-0.2, 0) is 4.79 Å². The molecule has 2 atom stereocenters. The predicted octanol–water partition coefficient (Wildman–Crippen LogP) is 1.53. The zero-order chi connectivity index (χ0) is 14.4. The summed E-state index contributed by atoms with van der Waals surface area (Å²) in [7, 11) is 0. The Kier molecular flexibility index (Phi) is 5.56. The average Bonchev–Trinajstić information content (AvgIpc) is 2.47. The SMILES string of the molecule is CC1CCCN(CCNC(=O)C(N)c2ccccc2)C1. The average molecular weight is 275 g/mol. The van der Waals surface area contributed by atoms with Crippen LogP contribution in [0.5, 0.6) is 0 Å². The molecule has 0 radical (unpaired) electrons. The molecule has 0 aromatic heterocycles. The smallest absolute Gasteiger partial charge is 0.241 e. The summed E-state index contributed by atoms with van der Waals surface area (Å²) in [4.78, 5) is 14.4. The number of carbonyl (C=O) groups is 1. The highest BCUT2D eigenvalue weighted by Gasteiger charge is 2.17. The summed E-state index contributed by atoms with van der Waals surface area (Å²) in [5.74, 6) is 0.673. The lowest BCUT2D eigenvalue weighted by Gasteiger charge is -2.30. The van der Waals surface area contributed by atoms with Crippen molar-refractivity contribution in [3.63, 3.8) is 0 Å². The van der Waals surface area contributed by atoms with Gasteiger partial charge in [-0.2, -0.15) is 0 Å². The highest BCUT2D eigenvalue weighted by Crippen LogP contribution is 2.14. The first-order valence-electron chi connectivity index (χ1n) is 7.47. The summed E-state index contributed by atoms with van der Waals surface area (Å²) in [6, 6.07) is 8.92. The quantitative estimate of drug-likeness (QED) is 0.857. The summed E-state index contributed by atoms with van der Waals surface area (Å²) in [5, 5.41) is 2.94. The van der Waals surface area contributed by atoms with Crippen molar-refractivity contribution < 1.29 is 4.79 Å². The Balaban J connectivity index is 1.72. The van der Waals surface area contributed by atoms with E-state index in [0.29, 0.717) is 6.54 Å². The van der Waals surface area contributed by atoms with Crippen LogP contribution in [0.3, 0.4) is 0 Å². The maximum atomic E-state index is 12.0. The molecule has 110 valence electrons. The monoisotopic (exact) mass is 275 g/mol. The molecule has 0 spiro atoms. The van der Waals surface area contributed by atoms with Crippen molar-refractivity contribution >= 4 is 5.91 Å². The highest BCUT2D eigenvalue weighted by molar-refractivity contribution is 5.82. The third-order valence-electron chi connectivity index (χ3n) is 3.91. The molecule has 1 heterocycles. The highest BCUT2D eigenvalue weighted by atomic mass is 16.2. The van der Waals surface area contributed by atoms with Crippen molar-refractivity contribution in [2.75, 3.05) is 26.2 Å². The van der Waals surface area contributed by atoms with Gasteiger partial charge in [0.05, 0.1) is 0 Å². The van der Waals surface area contributed by atoms with E-state index in [1.54, 1.807) is 0 Å². The fourth-order valence-corrected chi connectivity index (χ4v) is 2.75. The Morgan fingerprint density at radius 1 is 1.45 bits per heavy atom. The lowest BCUT2D eigenvalue weighted by molar-refractivity contribution is -0.122. The Bertz CT molecular complexity index is 421. The summed E-state index contributed by atoms with van der Waals surface area (Å²) in [6.07, 6.45) is 2.58. The first-order valence-corrected chi connectivity index (χ1v) is 7.47. The van der Waals surface area contributed by atoms with Crippen molar-refractivity contribution in [1.82, 2.24) is 10.2 Å². The number of rotatable bonds is 5. The molecule has 1 aliphatic heterocycles. The van der Waals surface area contributed by atoms with E-state index in [0.717, 1.165) is 31.1 Å². The minimum absolute atomic E-state index is 0.0961. The van der Waals surface area contributed by atoms with Crippen molar-refractivity contribution in [1.29, 1.82) is 0 Å². The van der Waals surface area contributed by atoms with Crippen LogP contribution in [0.4, 0.5) is 0 Å². The van der Waals surface area contributed by atoms with Crippen LogP contribution >= 0.6 is 0 Å². The summed E-state index contributed by atoms with van der Waals surface area (Å²) in [5.41, 5.74) is 6.81. The molecule has 1 saturated heterocycles. The molecule has 4 heteroatoms. The van der Waals surface area contributed by atoms with Gasteiger partial charge in [-0.1, -0.05) is 37.3 Å². The topological polar surface area (TPSA) is 58.4 Å². The van der Waals surface area contributed by atoms with Crippen molar-refractivity contribution in [3.8, 4) is 0 Å². The van der Waals surface area contributed by atoms with E-state index in [1.807, 2.05) is 30.3 Å². The predicted molar refractivity (Wildman–Crippen MR) is 81.2 cm³/mol. The first-order chi connectivity index (χ1) is 9.66. The van der Waals surface area contributed by atoms with Crippen LogP contribution < -0.4 is 11.1 Å². The number of hydrogen-bond donors (Lipinski definition) is 2. The summed E-state index contributed by atoms with van der Waals surface area (Å²) >= 11 is 0. The van der Waals surface area contributed by atoms with Gasteiger partial charge in [0, 0.05) is 19.6 Å². The van der Waals surface area contributed by atoms with Crippen molar-refractivity contribution in [2.24, 2.45) is 11.7 Å². The minimum atomic E-state index is -0.573. The molecule has 0 aliphatic carbocycles. The molecular weight excluding hydrogens is 250 g/mol. The molecule has 3 N–H and O–H groups in total. The van der Waals surface area contributed by atoms with Crippen LogP contribution in [0.15, 0.2) is 30.3 Å². The van der Waals surface area contributed by atoms with E-state index in [4.69, 9.17) is 5.73 Å². The van der Waals surface area contributed by atoms with Gasteiger partial charge in [-0.25, -0.2) is 0 Å². The standard InChI is InChI=1S/C16H25N3O/c1-13-6-5-10-19(12-13)11-9-18-16(20)15(17)14-7-3-2-4-8-14/h2-4,7-8,13,15H,5-6,9-12,17H2,1H3,(H,18,20). The molecule has 4 nitrogen and oxygen atoms in total. The third-order valence-corrected chi connectivity index (χ3v) is 3.91. The van der Waals surface area contributed by atoms with Gasteiger partial charge < -0.3 is 16.0 Å². The van der Waals surface area contributed by atoms with E-state index in [-0.39, 0.29) is 5.91 Å². The van der Waals surface area contributed by atoms with Crippen molar-refractivity contribution in [3.05, 3.63) is 35.9 Å². The maximum Gasteiger partial charge on any atom is 0.241 e. The Hall–Kier alpha value is -1.39. The van der Waals surface area contributed by atoms with E-state index in [9.17, 15) is 4.79 Å². The van der Waals surface area contributed by atoms with Crippen LogP contribution in [0.1, 0.15) is 31.4 Å². The number of amides is 1. The molecule has 2 unspecified atom stereocenters.